The molecule has 0 radical (unpaired) electrons. The third kappa shape index (κ3) is 5.04. The van der Waals surface area contributed by atoms with Gasteiger partial charge in [-0.1, -0.05) is 22.0 Å². The van der Waals surface area contributed by atoms with Crippen LogP contribution >= 0.6 is 11.6 Å². The SMILES string of the molecule is O=C(N=S(=O)=O)c1cc(Oc2ccc(C(F)C(F)F)cc2Cl)ccc1[N+](=O)[O-]. The first-order valence-electron chi connectivity index (χ1n) is 7.13. The number of carbonyl (C=O) groups is 1. The van der Waals surface area contributed by atoms with E-state index in [1.807, 2.05) is 0 Å². The Balaban J connectivity index is 2.40. The van der Waals surface area contributed by atoms with E-state index in [2.05, 4.69) is 4.36 Å². The van der Waals surface area contributed by atoms with Gasteiger partial charge in [-0.2, -0.15) is 8.42 Å². The minimum Gasteiger partial charge on any atom is -0.456 e. The van der Waals surface area contributed by atoms with Gasteiger partial charge in [0.05, 0.1) is 9.95 Å². The number of alkyl halides is 3. The molecule has 2 aromatic rings. The van der Waals surface area contributed by atoms with E-state index in [4.69, 9.17) is 16.3 Å². The molecule has 0 saturated heterocycles. The molecule has 2 aromatic carbocycles. The Morgan fingerprint density at radius 1 is 1.18 bits per heavy atom. The second-order valence-electron chi connectivity index (χ2n) is 5.08. The summed E-state index contributed by atoms with van der Waals surface area (Å²) in [6, 6.07) is 5.84. The second kappa shape index (κ2) is 8.80. The summed E-state index contributed by atoms with van der Waals surface area (Å²) in [5, 5.41) is 10.8. The fraction of sp³-hybridized carbons (Fsp3) is 0.133. The Morgan fingerprint density at radius 3 is 2.39 bits per heavy atom. The molecule has 8 nitrogen and oxygen atoms in total. The molecule has 1 atom stereocenters. The minimum atomic E-state index is -3.25. The van der Waals surface area contributed by atoms with Gasteiger partial charge in [-0.15, -0.1) is 0 Å². The number of nitro benzene ring substituents is 1. The molecule has 0 aromatic heterocycles. The van der Waals surface area contributed by atoms with Crippen LogP contribution < -0.4 is 4.74 Å². The molecule has 148 valence electrons. The van der Waals surface area contributed by atoms with Crippen molar-refractivity contribution in [3.63, 3.8) is 0 Å². The van der Waals surface area contributed by atoms with Crippen LogP contribution in [0.15, 0.2) is 40.8 Å². The highest BCUT2D eigenvalue weighted by Gasteiger charge is 2.24. The fourth-order valence-corrected chi connectivity index (χ4v) is 2.53. The van der Waals surface area contributed by atoms with Crippen LogP contribution in [0.4, 0.5) is 18.9 Å². The van der Waals surface area contributed by atoms with E-state index in [1.165, 1.54) is 0 Å². The summed E-state index contributed by atoms with van der Waals surface area (Å²) in [7, 11) is -3.13. The van der Waals surface area contributed by atoms with E-state index >= 15 is 0 Å². The van der Waals surface area contributed by atoms with Gasteiger partial charge in [-0.25, -0.2) is 13.2 Å². The van der Waals surface area contributed by atoms with Gasteiger partial charge in [0, 0.05) is 12.1 Å². The molecular formula is C15H8ClF3N2O6S. The predicted molar refractivity (Wildman–Crippen MR) is 90.2 cm³/mol. The number of hydrogen-bond acceptors (Lipinski definition) is 6. The van der Waals surface area contributed by atoms with Crippen LogP contribution in [-0.4, -0.2) is 25.7 Å². The van der Waals surface area contributed by atoms with E-state index in [0.29, 0.717) is 0 Å². The lowest BCUT2D eigenvalue weighted by atomic mass is 10.1. The highest BCUT2D eigenvalue weighted by atomic mass is 35.5. The summed E-state index contributed by atoms with van der Waals surface area (Å²) in [4.78, 5) is 21.8. The average Bonchev–Trinajstić information content (AvgIpc) is 2.61. The lowest BCUT2D eigenvalue weighted by Crippen LogP contribution is -2.03. The number of halogens is 4. The zero-order valence-corrected chi connectivity index (χ0v) is 15.0. The van der Waals surface area contributed by atoms with Gasteiger partial charge in [0.1, 0.15) is 17.1 Å². The third-order valence-electron chi connectivity index (χ3n) is 3.28. The summed E-state index contributed by atoms with van der Waals surface area (Å²) >= 11 is 5.87. The fourth-order valence-electron chi connectivity index (χ4n) is 2.07. The van der Waals surface area contributed by atoms with Gasteiger partial charge >= 0.3 is 10.5 Å². The van der Waals surface area contributed by atoms with Crippen molar-refractivity contribution in [3.8, 4) is 11.5 Å². The first-order valence-corrected chi connectivity index (χ1v) is 8.54. The zero-order valence-electron chi connectivity index (χ0n) is 13.4. The molecule has 0 aliphatic heterocycles. The molecule has 1 unspecified atom stereocenters. The first-order chi connectivity index (χ1) is 13.1. The van der Waals surface area contributed by atoms with E-state index < -0.39 is 45.2 Å². The predicted octanol–water partition coefficient (Wildman–Crippen LogP) is 4.52. The van der Waals surface area contributed by atoms with E-state index in [-0.39, 0.29) is 22.1 Å². The topological polar surface area (TPSA) is 116 Å². The quantitative estimate of drug-likeness (QED) is 0.485. The van der Waals surface area contributed by atoms with Crippen LogP contribution in [0.5, 0.6) is 11.5 Å². The maximum Gasteiger partial charge on any atom is 0.319 e. The van der Waals surface area contributed by atoms with Crippen LogP contribution in [0.25, 0.3) is 0 Å². The Morgan fingerprint density at radius 2 is 1.86 bits per heavy atom. The minimum absolute atomic E-state index is 0.122. The Bertz CT molecular complexity index is 1070. The summed E-state index contributed by atoms with van der Waals surface area (Å²) < 4.78 is 67.3. The molecule has 0 N–H and O–H groups in total. The standard InChI is InChI=1S/C15H8ClF3N2O6S/c16-10-5-7(13(17)14(18)19)1-4-12(10)27-8-2-3-11(21(23)24)9(6-8)15(22)20-28(25)26/h1-6,13-14H. The van der Waals surface area contributed by atoms with Crippen LogP contribution in [0.1, 0.15) is 22.1 Å². The van der Waals surface area contributed by atoms with E-state index in [0.717, 1.165) is 36.4 Å². The maximum atomic E-state index is 13.4. The molecule has 0 aliphatic rings. The molecule has 0 bridgehead atoms. The van der Waals surface area contributed by atoms with Crippen molar-refractivity contribution in [1.82, 2.24) is 0 Å². The molecular weight excluding hydrogens is 429 g/mol. The molecule has 0 heterocycles. The Kier molecular flexibility index (Phi) is 6.70. The normalized spacial score (nSPS) is 11.8. The molecule has 0 spiro atoms. The van der Waals surface area contributed by atoms with Crippen molar-refractivity contribution in [3.05, 3.63) is 62.7 Å². The summed E-state index contributed by atoms with van der Waals surface area (Å²) in [5.74, 6) is -1.69. The molecule has 0 fully saturated rings. The number of ether oxygens (including phenoxy) is 1. The highest BCUT2D eigenvalue weighted by Crippen LogP contribution is 2.35. The molecule has 0 saturated carbocycles. The number of amides is 1. The molecule has 28 heavy (non-hydrogen) atoms. The largest absolute Gasteiger partial charge is 0.456 e. The van der Waals surface area contributed by atoms with Crippen molar-refractivity contribution in [1.29, 1.82) is 0 Å². The summed E-state index contributed by atoms with van der Waals surface area (Å²) in [5.41, 5.74) is -1.77. The number of carbonyl (C=O) groups excluding carboxylic acids is 1. The maximum absolute atomic E-state index is 13.4. The molecule has 13 heteroatoms. The zero-order chi connectivity index (χ0) is 21.0. The second-order valence-corrected chi connectivity index (χ2v) is 6.10. The smallest absolute Gasteiger partial charge is 0.319 e. The van der Waals surface area contributed by atoms with Gasteiger partial charge < -0.3 is 4.74 Å². The van der Waals surface area contributed by atoms with Gasteiger partial charge in [-0.05, 0) is 23.8 Å². The molecule has 0 aliphatic carbocycles. The lowest BCUT2D eigenvalue weighted by molar-refractivity contribution is -0.385. The first kappa shape index (κ1) is 21.3. The van der Waals surface area contributed by atoms with Gasteiger partial charge in [0.2, 0.25) is 0 Å². The third-order valence-corrected chi connectivity index (χ3v) is 3.89. The van der Waals surface area contributed by atoms with Crippen LogP contribution in [0.3, 0.4) is 0 Å². The van der Waals surface area contributed by atoms with Gasteiger partial charge in [0.25, 0.3) is 18.0 Å². The summed E-state index contributed by atoms with van der Waals surface area (Å²) in [6.45, 7) is 0. The van der Waals surface area contributed by atoms with E-state index in [9.17, 15) is 36.5 Å². The van der Waals surface area contributed by atoms with Crippen LogP contribution in [0.2, 0.25) is 5.02 Å². The molecule has 2 rings (SSSR count). The van der Waals surface area contributed by atoms with Crippen LogP contribution in [0, 0.1) is 10.1 Å². The summed E-state index contributed by atoms with van der Waals surface area (Å²) in [6.07, 6.45) is -5.80. The highest BCUT2D eigenvalue weighted by molar-refractivity contribution is 7.62. The number of nitrogens with zero attached hydrogens (tertiary/aromatic N) is 2. The average molecular weight is 437 g/mol. The molecule has 1 amide bonds. The Labute approximate surface area is 161 Å². The monoisotopic (exact) mass is 436 g/mol. The van der Waals surface area contributed by atoms with E-state index in [1.54, 1.807) is 0 Å². The number of benzene rings is 2. The van der Waals surface area contributed by atoms with Crippen molar-refractivity contribution in [2.75, 3.05) is 0 Å². The van der Waals surface area contributed by atoms with Crippen molar-refractivity contribution < 1.29 is 36.0 Å². The van der Waals surface area contributed by atoms with Gasteiger partial charge in [-0.3, -0.25) is 14.9 Å². The number of nitro groups is 1. The van der Waals surface area contributed by atoms with Crippen molar-refractivity contribution in [2.45, 2.75) is 12.6 Å². The number of hydrogen-bond donors (Lipinski definition) is 0. The lowest BCUT2D eigenvalue weighted by Gasteiger charge is -2.12. The van der Waals surface area contributed by atoms with Crippen molar-refractivity contribution >= 4 is 33.7 Å². The Hall–Kier alpha value is -2.99. The van der Waals surface area contributed by atoms with Crippen molar-refractivity contribution in [2.24, 2.45) is 4.36 Å². The van der Waals surface area contributed by atoms with Crippen LogP contribution in [-0.2, 0) is 10.5 Å². The van der Waals surface area contributed by atoms with Gasteiger partial charge in [0.15, 0.2) is 6.17 Å². The number of rotatable bonds is 6.